The molecule has 0 aliphatic rings. The zero-order valence-electron chi connectivity index (χ0n) is 12.5. The molecule has 1 heterocycles. The number of ether oxygens (including phenoxy) is 1. The summed E-state index contributed by atoms with van der Waals surface area (Å²) in [4.78, 5) is 17.7. The van der Waals surface area contributed by atoms with Crippen molar-refractivity contribution in [2.45, 2.75) is 6.42 Å². The summed E-state index contributed by atoms with van der Waals surface area (Å²) in [6.07, 6.45) is 2.66. The Bertz CT molecular complexity index is 412. The van der Waals surface area contributed by atoms with Crippen LogP contribution in [0.5, 0.6) is 0 Å². The average molecular weight is 280 g/mol. The molecule has 0 fully saturated rings. The van der Waals surface area contributed by atoms with E-state index < -0.39 is 0 Å². The normalized spacial score (nSPS) is 10.6. The van der Waals surface area contributed by atoms with Gasteiger partial charge in [-0.15, -0.1) is 0 Å². The van der Waals surface area contributed by atoms with Crippen LogP contribution in [0.25, 0.3) is 0 Å². The summed E-state index contributed by atoms with van der Waals surface area (Å²) in [5.74, 6) is -0.173. The van der Waals surface area contributed by atoms with Crippen LogP contribution in [-0.2, 0) is 4.74 Å². The van der Waals surface area contributed by atoms with E-state index in [1.54, 1.807) is 26.4 Å². The zero-order valence-corrected chi connectivity index (χ0v) is 12.5. The fraction of sp³-hybridized carbons (Fsp3) is 0.571. The van der Waals surface area contributed by atoms with E-state index in [2.05, 4.69) is 27.6 Å². The molecule has 112 valence electrons. The number of nitrogens with zero attached hydrogens (tertiary/aromatic N) is 2. The van der Waals surface area contributed by atoms with E-state index in [-0.39, 0.29) is 5.91 Å². The van der Waals surface area contributed by atoms with Gasteiger partial charge in [0.15, 0.2) is 0 Å². The average Bonchev–Trinajstić information content (AvgIpc) is 2.49. The Kier molecular flexibility index (Phi) is 7.60. The van der Waals surface area contributed by atoms with Crippen LogP contribution >= 0.6 is 0 Å². The third kappa shape index (κ3) is 5.99. The number of rotatable bonds is 9. The van der Waals surface area contributed by atoms with Crippen molar-refractivity contribution in [3.63, 3.8) is 0 Å². The number of anilines is 1. The number of methoxy groups -OCH3 is 1. The van der Waals surface area contributed by atoms with Crippen molar-refractivity contribution in [1.82, 2.24) is 15.2 Å². The molecule has 0 unspecified atom stereocenters. The van der Waals surface area contributed by atoms with Crippen LogP contribution in [0, 0.1) is 0 Å². The molecular weight excluding hydrogens is 256 g/mol. The molecule has 1 aromatic rings. The van der Waals surface area contributed by atoms with Gasteiger partial charge in [0.2, 0.25) is 0 Å². The molecule has 20 heavy (non-hydrogen) atoms. The van der Waals surface area contributed by atoms with Gasteiger partial charge in [-0.1, -0.05) is 0 Å². The first-order valence-corrected chi connectivity index (χ1v) is 6.77. The Morgan fingerprint density at radius 3 is 2.95 bits per heavy atom. The molecule has 0 radical (unpaired) electrons. The highest BCUT2D eigenvalue weighted by Crippen LogP contribution is 2.07. The van der Waals surface area contributed by atoms with Crippen LogP contribution in [0.2, 0.25) is 0 Å². The minimum Gasteiger partial charge on any atom is -0.385 e. The predicted molar refractivity (Wildman–Crippen MR) is 80.1 cm³/mol. The summed E-state index contributed by atoms with van der Waals surface area (Å²) in [6, 6.07) is 3.62. The molecule has 1 amide bonds. The van der Waals surface area contributed by atoms with Gasteiger partial charge in [0.25, 0.3) is 5.91 Å². The molecule has 2 N–H and O–H groups in total. The summed E-state index contributed by atoms with van der Waals surface area (Å²) in [5, 5.41) is 5.86. The van der Waals surface area contributed by atoms with Crippen LogP contribution in [0.3, 0.4) is 0 Å². The largest absolute Gasteiger partial charge is 0.385 e. The lowest BCUT2D eigenvalue weighted by atomic mass is 10.3. The van der Waals surface area contributed by atoms with Gasteiger partial charge < -0.3 is 20.3 Å². The lowest BCUT2D eigenvalue weighted by Gasteiger charge is -2.16. The van der Waals surface area contributed by atoms with Gasteiger partial charge in [-0.05, 0) is 32.1 Å². The maximum Gasteiger partial charge on any atom is 0.269 e. The van der Waals surface area contributed by atoms with E-state index >= 15 is 0 Å². The number of carbonyl (C=O) groups excluding carboxylic acids is 1. The first kappa shape index (κ1) is 16.4. The number of nitrogens with one attached hydrogen (secondary N) is 2. The monoisotopic (exact) mass is 280 g/mol. The quantitative estimate of drug-likeness (QED) is 0.656. The summed E-state index contributed by atoms with van der Waals surface area (Å²) >= 11 is 0. The summed E-state index contributed by atoms with van der Waals surface area (Å²) in [5.41, 5.74) is 1.34. The van der Waals surface area contributed by atoms with Crippen molar-refractivity contribution in [2.75, 3.05) is 52.8 Å². The van der Waals surface area contributed by atoms with Crippen LogP contribution in [0.4, 0.5) is 5.69 Å². The van der Waals surface area contributed by atoms with Gasteiger partial charge in [-0.3, -0.25) is 9.78 Å². The second-order valence-corrected chi connectivity index (χ2v) is 4.59. The van der Waals surface area contributed by atoms with Crippen molar-refractivity contribution >= 4 is 11.6 Å². The third-order valence-electron chi connectivity index (χ3n) is 2.94. The molecule has 1 aromatic heterocycles. The van der Waals surface area contributed by atoms with Crippen LogP contribution in [0.15, 0.2) is 18.3 Å². The lowest BCUT2D eigenvalue weighted by molar-refractivity contribution is 0.0958. The summed E-state index contributed by atoms with van der Waals surface area (Å²) in [6.45, 7) is 3.55. The predicted octanol–water partition coefficient (Wildman–Crippen LogP) is 0.821. The number of hydrogen-bond acceptors (Lipinski definition) is 5. The van der Waals surface area contributed by atoms with E-state index in [4.69, 9.17) is 4.74 Å². The molecule has 6 heteroatoms. The molecule has 0 aromatic carbocycles. The molecule has 0 bridgehead atoms. The highest BCUT2D eigenvalue weighted by molar-refractivity contribution is 5.92. The van der Waals surface area contributed by atoms with Crippen LogP contribution in [-0.4, -0.2) is 63.2 Å². The van der Waals surface area contributed by atoms with E-state index in [0.717, 1.165) is 38.3 Å². The van der Waals surface area contributed by atoms with Gasteiger partial charge in [-0.2, -0.15) is 0 Å². The molecule has 0 saturated heterocycles. The van der Waals surface area contributed by atoms with E-state index in [1.807, 2.05) is 6.07 Å². The third-order valence-corrected chi connectivity index (χ3v) is 2.94. The van der Waals surface area contributed by atoms with Gasteiger partial charge in [-0.25, -0.2) is 0 Å². The van der Waals surface area contributed by atoms with Crippen LogP contribution in [0.1, 0.15) is 16.9 Å². The Morgan fingerprint density at radius 2 is 2.25 bits per heavy atom. The van der Waals surface area contributed by atoms with Gasteiger partial charge >= 0.3 is 0 Å². The molecule has 6 nitrogen and oxygen atoms in total. The van der Waals surface area contributed by atoms with Crippen molar-refractivity contribution in [3.8, 4) is 0 Å². The maximum atomic E-state index is 11.5. The van der Waals surface area contributed by atoms with Gasteiger partial charge in [0, 0.05) is 39.1 Å². The smallest absolute Gasteiger partial charge is 0.269 e. The topological polar surface area (TPSA) is 66.5 Å². The first-order chi connectivity index (χ1) is 9.67. The number of likely N-dealkylation sites (N-methyl/N-ethyl adjacent to an activating group) is 1. The van der Waals surface area contributed by atoms with Gasteiger partial charge in [0.05, 0.1) is 6.61 Å². The van der Waals surface area contributed by atoms with Crippen molar-refractivity contribution in [3.05, 3.63) is 24.0 Å². The minimum absolute atomic E-state index is 0.173. The standard InChI is InChI=1S/C14H24N4O2/c1-15-14(19)13-11-12(5-7-17-13)16-6-4-8-18(2)9-10-20-3/h5,7,11H,4,6,8-10H2,1-3H3,(H,15,19)(H,16,17). The SMILES string of the molecule is CNC(=O)c1cc(NCCCN(C)CCOC)ccn1. The molecular formula is C14H24N4O2. The number of carbonyl (C=O) groups is 1. The fourth-order valence-electron chi connectivity index (χ4n) is 1.73. The molecule has 0 saturated carbocycles. The summed E-state index contributed by atoms with van der Waals surface area (Å²) < 4.78 is 5.03. The van der Waals surface area contributed by atoms with Crippen molar-refractivity contribution in [2.24, 2.45) is 0 Å². The Labute approximate surface area is 120 Å². The minimum atomic E-state index is -0.173. The second-order valence-electron chi connectivity index (χ2n) is 4.59. The van der Waals surface area contributed by atoms with Crippen molar-refractivity contribution < 1.29 is 9.53 Å². The van der Waals surface area contributed by atoms with Gasteiger partial charge in [0.1, 0.15) is 5.69 Å². The number of hydrogen-bond donors (Lipinski definition) is 2. The second kappa shape index (κ2) is 9.28. The Balaban J connectivity index is 2.30. The molecule has 0 atom stereocenters. The summed E-state index contributed by atoms with van der Waals surface area (Å²) in [7, 11) is 5.39. The molecule has 0 aliphatic carbocycles. The fourth-order valence-corrected chi connectivity index (χ4v) is 1.73. The molecule has 0 spiro atoms. The van der Waals surface area contributed by atoms with Crippen molar-refractivity contribution in [1.29, 1.82) is 0 Å². The Morgan fingerprint density at radius 1 is 1.45 bits per heavy atom. The molecule has 1 rings (SSSR count). The van der Waals surface area contributed by atoms with Crippen LogP contribution < -0.4 is 10.6 Å². The zero-order chi connectivity index (χ0) is 14.8. The maximum absolute atomic E-state index is 11.5. The van der Waals surface area contributed by atoms with E-state index in [0.29, 0.717) is 5.69 Å². The Hall–Kier alpha value is -1.66. The van der Waals surface area contributed by atoms with E-state index in [9.17, 15) is 4.79 Å². The molecule has 0 aliphatic heterocycles. The highest BCUT2D eigenvalue weighted by Gasteiger charge is 2.05. The van der Waals surface area contributed by atoms with E-state index in [1.165, 1.54) is 0 Å². The lowest BCUT2D eigenvalue weighted by Crippen LogP contribution is -2.25. The number of amides is 1. The number of pyridine rings is 1. The number of aromatic nitrogens is 1. The highest BCUT2D eigenvalue weighted by atomic mass is 16.5. The first-order valence-electron chi connectivity index (χ1n) is 6.77.